The van der Waals surface area contributed by atoms with Crippen molar-refractivity contribution in [3.8, 4) is 0 Å². The molecule has 19 heteroatoms. The van der Waals surface area contributed by atoms with Crippen LogP contribution in [0.1, 0.15) is 421 Å². The Balaban J connectivity index is 5.12. The Labute approximate surface area is 619 Å². The summed E-state index contributed by atoms with van der Waals surface area (Å²) in [6.07, 6.45) is 58.8. The first kappa shape index (κ1) is 99.1. The standard InChI is InChI=1S/C82H160O17P2/c1-72(2)58-50-42-34-29-25-21-17-13-9-11-15-19-23-27-31-37-48-56-64-81(86)98-77(68-92-79(84)62-54-46-39-33-36-44-52-60-74(5)6)70-96-100(88,89)94-66-76(83)67-95-101(90,91)97-71-78(69-93-80(85)63-55-47-41-40-45-53-61-75(7)8)99-82(87)65-57-49-38-32-28-24-20-16-12-10-14-18-22-26-30-35-43-51-59-73(3)4/h72-78,83H,9-71H2,1-8H3,(H,88,89)(H,90,91)/t76?,77-,78-/m1/s1. The summed E-state index contributed by atoms with van der Waals surface area (Å²) in [4.78, 5) is 72.9. The second-order valence-electron chi connectivity index (χ2n) is 31.4. The van der Waals surface area contributed by atoms with Crippen molar-refractivity contribution in [1.82, 2.24) is 0 Å². The zero-order valence-corrected chi connectivity index (χ0v) is 68.3. The molecule has 600 valence electrons. The number of aliphatic hydroxyl groups is 1. The van der Waals surface area contributed by atoms with Gasteiger partial charge in [0.05, 0.1) is 26.4 Å². The lowest BCUT2D eigenvalue weighted by Gasteiger charge is -2.21. The van der Waals surface area contributed by atoms with E-state index < -0.39 is 97.5 Å². The molecule has 0 bridgehead atoms. The van der Waals surface area contributed by atoms with Gasteiger partial charge >= 0.3 is 39.5 Å². The predicted molar refractivity (Wildman–Crippen MR) is 414 cm³/mol. The number of esters is 4. The maximum Gasteiger partial charge on any atom is 0.472 e. The van der Waals surface area contributed by atoms with Gasteiger partial charge in [-0.1, -0.05) is 370 Å². The molecule has 0 rings (SSSR count). The van der Waals surface area contributed by atoms with Crippen LogP contribution in [0.4, 0.5) is 0 Å². The minimum Gasteiger partial charge on any atom is -0.462 e. The molecule has 0 radical (unpaired) electrons. The molecular formula is C82H160O17P2. The number of hydrogen-bond donors (Lipinski definition) is 3. The monoisotopic (exact) mass is 1480 g/mol. The van der Waals surface area contributed by atoms with Gasteiger partial charge in [0.15, 0.2) is 12.2 Å². The molecule has 0 aliphatic carbocycles. The molecule has 0 spiro atoms. The average Bonchev–Trinajstić information content (AvgIpc) is 1.14. The molecule has 0 heterocycles. The minimum absolute atomic E-state index is 0.107. The molecule has 0 aromatic rings. The molecule has 5 atom stereocenters. The minimum atomic E-state index is -4.96. The molecule has 0 aliphatic rings. The molecule has 0 saturated heterocycles. The number of hydrogen-bond acceptors (Lipinski definition) is 15. The first-order chi connectivity index (χ1) is 48.6. The molecule has 0 aromatic carbocycles. The fourth-order valence-corrected chi connectivity index (χ4v) is 14.2. The summed E-state index contributed by atoms with van der Waals surface area (Å²) in [5.74, 6) is 0.907. The van der Waals surface area contributed by atoms with E-state index in [9.17, 15) is 43.2 Å². The number of phosphoric ester groups is 2. The SMILES string of the molecule is CC(C)CCCCCCCCCCCCCCCCCCCCC(=O)O[C@H](COC(=O)CCCCCCCCCC(C)C)COP(=O)(O)OCC(O)COP(=O)(O)OC[C@@H](COC(=O)CCCCCCCCC(C)C)OC(=O)CCCCCCCCCCCCCCCCCCCCC(C)C. The third-order valence-electron chi connectivity index (χ3n) is 19.1. The number of aliphatic hydroxyl groups excluding tert-OH is 1. The van der Waals surface area contributed by atoms with Gasteiger partial charge < -0.3 is 33.8 Å². The van der Waals surface area contributed by atoms with Crippen LogP contribution in [0.3, 0.4) is 0 Å². The van der Waals surface area contributed by atoms with E-state index in [-0.39, 0.29) is 25.7 Å². The van der Waals surface area contributed by atoms with E-state index >= 15 is 0 Å². The molecular weight excluding hydrogens is 1320 g/mol. The van der Waals surface area contributed by atoms with E-state index in [2.05, 4.69) is 55.4 Å². The summed E-state index contributed by atoms with van der Waals surface area (Å²) < 4.78 is 68.6. The molecule has 3 N–H and O–H groups in total. The maximum atomic E-state index is 13.1. The third-order valence-corrected chi connectivity index (χ3v) is 21.0. The van der Waals surface area contributed by atoms with Crippen molar-refractivity contribution in [1.29, 1.82) is 0 Å². The van der Waals surface area contributed by atoms with Crippen molar-refractivity contribution in [3.05, 3.63) is 0 Å². The molecule has 0 fully saturated rings. The van der Waals surface area contributed by atoms with Crippen LogP contribution in [0.5, 0.6) is 0 Å². The number of rotatable bonds is 79. The van der Waals surface area contributed by atoms with Gasteiger partial charge in [0.1, 0.15) is 19.3 Å². The Hall–Kier alpha value is -1.94. The molecule has 0 aromatic heterocycles. The van der Waals surface area contributed by atoms with Crippen molar-refractivity contribution in [2.45, 2.75) is 440 Å². The van der Waals surface area contributed by atoms with Crippen molar-refractivity contribution >= 4 is 39.5 Å². The number of ether oxygens (including phenoxy) is 4. The highest BCUT2D eigenvalue weighted by Crippen LogP contribution is 2.45. The van der Waals surface area contributed by atoms with E-state index in [1.807, 2.05) is 0 Å². The van der Waals surface area contributed by atoms with E-state index in [1.54, 1.807) is 0 Å². The highest BCUT2D eigenvalue weighted by atomic mass is 31.2. The van der Waals surface area contributed by atoms with Gasteiger partial charge in [0.25, 0.3) is 0 Å². The fourth-order valence-electron chi connectivity index (χ4n) is 12.6. The Morgan fingerprint density at radius 3 is 0.614 bits per heavy atom. The predicted octanol–water partition coefficient (Wildman–Crippen LogP) is 24.4. The largest absolute Gasteiger partial charge is 0.472 e. The van der Waals surface area contributed by atoms with Crippen molar-refractivity contribution in [3.63, 3.8) is 0 Å². The lowest BCUT2D eigenvalue weighted by molar-refractivity contribution is -0.161. The second kappa shape index (κ2) is 71.0. The van der Waals surface area contributed by atoms with Gasteiger partial charge in [-0.05, 0) is 49.4 Å². The van der Waals surface area contributed by atoms with E-state index in [0.717, 1.165) is 115 Å². The normalized spacial score (nSPS) is 14.0. The van der Waals surface area contributed by atoms with E-state index in [1.165, 1.54) is 212 Å². The van der Waals surface area contributed by atoms with Crippen LogP contribution >= 0.6 is 15.6 Å². The van der Waals surface area contributed by atoms with Gasteiger partial charge in [-0.3, -0.25) is 37.3 Å². The average molecular weight is 1480 g/mol. The third kappa shape index (κ3) is 76.1. The Kier molecular flexibility index (Phi) is 69.6. The van der Waals surface area contributed by atoms with E-state index in [0.29, 0.717) is 37.5 Å². The summed E-state index contributed by atoms with van der Waals surface area (Å²) >= 11 is 0. The van der Waals surface area contributed by atoms with Crippen LogP contribution in [0.2, 0.25) is 0 Å². The van der Waals surface area contributed by atoms with Crippen LogP contribution in [-0.4, -0.2) is 96.7 Å². The summed E-state index contributed by atoms with van der Waals surface area (Å²) in [5.41, 5.74) is 0. The van der Waals surface area contributed by atoms with Crippen molar-refractivity contribution in [2.75, 3.05) is 39.6 Å². The van der Waals surface area contributed by atoms with Gasteiger partial charge in [-0.15, -0.1) is 0 Å². The van der Waals surface area contributed by atoms with Gasteiger partial charge in [0, 0.05) is 25.7 Å². The Morgan fingerprint density at radius 2 is 0.416 bits per heavy atom. The lowest BCUT2D eigenvalue weighted by Crippen LogP contribution is -2.30. The lowest BCUT2D eigenvalue weighted by atomic mass is 10.0. The van der Waals surface area contributed by atoms with Crippen LogP contribution in [0.15, 0.2) is 0 Å². The van der Waals surface area contributed by atoms with Gasteiger partial charge in [0.2, 0.25) is 0 Å². The fraction of sp³-hybridized carbons (Fsp3) is 0.951. The first-order valence-corrected chi connectivity index (χ1v) is 45.2. The molecule has 3 unspecified atom stereocenters. The maximum absolute atomic E-state index is 13.1. The molecule has 0 aliphatic heterocycles. The van der Waals surface area contributed by atoms with E-state index in [4.69, 9.17) is 37.0 Å². The molecule has 101 heavy (non-hydrogen) atoms. The zero-order chi connectivity index (χ0) is 74.6. The molecule has 0 saturated carbocycles. The Bertz CT molecular complexity index is 1970. The van der Waals surface area contributed by atoms with Crippen molar-refractivity contribution < 1.29 is 80.2 Å². The first-order valence-electron chi connectivity index (χ1n) is 42.2. The highest BCUT2D eigenvalue weighted by Gasteiger charge is 2.30. The highest BCUT2D eigenvalue weighted by molar-refractivity contribution is 7.47. The second-order valence-corrected chi connectivity index (χ2v) is 34.3. The summed E-state index contributed by atoms with van der Waals surface area (Å²) in [7, 11) is -9.92. The van der Waals surface area contributed by atoms with Crippen LogP contribution in [-0.2, 0) is 65.4 Å². The quantitative estimate of drug-likeness (QED) is 0.0222. The summed E-state index contributed by atoms with van der Waals surface area (Å²) in [5, 5.41) is 10.6. The van der Waals surface area contributed by atoms with Gasteiger partial charge in [-0.25, -0.2) is 9.13 Å². The van der Waals surface area contributed by atoms with Crippen LogP contribution < -0.4 is 0 Å². The van der Waals surface area contributed by atoms with Crippen LogP contribution in [0, 0.1) is 23.7 Å². The van der Waals surface area contributed by atoms with Crippen LogP contribution in [0.25, 0.3) is 0 Å². The van der Waals surface area contributed by atoms with Crippen molar-refractivity contribution in [2.24, 2.45) is 23.7 Å². The smallest absolute Gasteiger partial charge is 0.462 e. The number of unbranched alkanes of at least 4 members (excludes halogenated alkanes) is 45. The summed E-state index contributed by atoms with van der Waals surface area (Å²) in [6.45, 7) is 14.2. The molecule has 17 nitrogen and oxygen atoms in total. The number of carbonyl (C=O) groups excluding carboxylic acids is 4. The Morgan fingerprint density at radius 1 is 0.248 bits per heavy atom. The van der Waals surface area contributed by atoms with Gasteiger partial charge in [-0.2, -0.15) is 0 Å². The molecule has 0 amide bonds. The zero-order valence-electron chi connectivity index (χ0n) is 66.5. The topological polar surface area (TPSA) is 237 Å². The summed E-state index contributed by atoms with van der Waals surface area (Å²) in [6, 6.07) is 0. The number of phosphoric acid groups is 2. The number of carbonyl (C=O) groups is 4.